The van der Waals surface area contributed by atoms with Crippen LogP contribution < -0.4 is 19.8 Å². The molecule has 222 valence electrons. The van der Waals surface area contributed by atoms with Crippen molar-refractivity contribution in [2.24, 2.45) is 5.10 Å². The van der Waals surface area contributed by atoms with Crippen LogP contribution in [0, 0.1) is 13.8 Å². The van der Waals surface area contributed by atoms with Gasteiger partial charge in [-0.3, -0.25) is 13.9 Å². The number of carbonyl (C=O) groups is 2. The van der Waals surface area contributed by atoms with E-state index in [-0.39, 0.29) is 23.1 Å². The molecule has 43 heavy (non-hydrogen) atoms. The van der Waals surface area contributed by atoms with Crippen LogP contribution in [0.3, 0.4) is 0 Å². The van der Waals surface area contributed by atoms with E-state index in [0.29, 0.717) is 32.6 Å². The van der Waals surface area contributed by atoms with E-state index in [1.165, 1.54) is 18.3 Å². The molecule has 0 aliphatic carbocycles. The van der Waals surface area contributed by atoms with Crippen molar-refractivity contribution in [3.63, 3.8) is 0 Å². The number of carbonyl (C=O) groups excluding carboxylic acids is 2. The summed E-state index contributed by atoms with van der Waals surface area (Å²) in [6.45, 7) is 2.80. The Balaban J connectivity index is 1.38. The number of rotatable bonds is 11. The Labute approximate surface area is 260 Å². The molecule has 4 aromatic carbocycles. The molecule has 0 unspecified atom stereocenters. The van der Waals surface area contributed by atoms with Gasteiger partial charge in [0.2, 0.25) is 0 Å². The first-order valence-electron chi connectivity index (χ1n) is 13.0. The number of nitrogens with one attached hydrogen (secondary N) is 2. The van der Waals surface area contributed by atoms with Gasteiger partial charge in [-0.15, -0.1) is 0 Å². The molecule has 9 nitrogen and oxygen atoms in total. The highest BCUT2D eigenvalue weighted by Gasteiger charge is 2.28. The van der Waals surface area contributed by atoms with E-state index in [1.807, 2.05) is 6.92 Å². The molecule has 0 aromatic heterocycles. The van der Waals surface area contributed by atoms with Gasteiger partial charge in [0.15, 0.2) is 6.61 Å². The van der Waals surface area contributed by atoms with Gasteiger partial charge in [0, 0.05) is 15.7 Å². The zero-order valence-electron chi connectivity index (χ0n) is 23.3. The Morgan fingerprint density at radius 2 is 1.60 bits per heavy atom. The van der Waals surface area contributed by atoms with Gasteiger partial charge in [0.25, 0.3) is 21.8 Å². The molecular formula is C31H28Cl2N4O5S. The van der Waals surface area contributed by atoms with Crippen LogP contribution in [-0.4, -0.2) is 39.6 Å². The molecule has 0 saturated carbocycles. The normalized spacial score (nSPS) is 11.3. The first-order chi connectivity index (χ1) is 20.5. The number of sulfonamides is 1. The Morgan fingerprint density at radius 1 is 0.907 bits per heavy atom. The van der Waals surface area contributed by atoms with Crippen molar-refractivity contribution in [3.8, 4) is 5.75 Å². The number of amides is 2. The highest BCUT2D eigenvalue weighted by molar-refractivity contribution is 7.92. The van der Waals surface area contributed by atoms with Crippen molar-refractivity contribution in [1.82, 2.24) is 5.43 Å². The van der Waals surface area contributed by atoms with Gasteiger partial charge in [-0.05, 0) is 91.7 Å². The lowest BCUT2D eigenvalue weighted by Crippen LogP contribution is -2.40. The molecule has 4 aromatic rings. The number of halogens is 2. The number of ether oxygens (including phenoxy) is 1. The Bertz CT molecular complexity index is 1750. The van der Waals surface area contributed by atoms with Crippen LogP contribution in [0.5, 0.6) is 5.75 Å². The number of hydrogen-bond donors (Lipinski definition) is 2. The van der Waals surface area contributed by atoms with Crippen LogP contribution in [0.25, 0.3) is 0 Å². The summed E-state index contributed by atoms with van der Waals surface area (Å²) in [5, 5.41) is 7.54. The minimum absolute atomic E-state index is 0.0398. The van der Waals surface area contributed by atoms with E-state index < -0.39 is 22.5 Å². The molecule has 0 aliphatic heterocycles. The van der Waals surface area contributed by atoms with Crippen molar-refractivity contribution in [2.45, 2.75) is 18.7 Å². The van der Waals surface area contributed by atoms with Crippen LogP contribution in [0.15, 0.2) is 101 Å². The van der Waals surface area contributed by atoms with Gasteiger partial charge in [-0.2, -0.15) is 5.10 Å². The second-order valence-corrected chi connectivity index (χ2v) is 12.1. The molecule has 0 aliphatic rings. The molecule has 12 heteroatoms. The first-order valence-corrected chi connectivity index (χ1v) is 15.2. The fourth-order valence-electron chi connectivity index (χ4n) is 3.91. The SMILES string of the molecule is Cc1ccc(S(=O)(=O)N(CC(=O)N/N=C\c2ccc(OCC(=O)Nc3cccc(Cl)c3)cc2)c2cccc(Cl)c2C)cc1. The van der Waals surface area contributed by atoms with Crippen molar-refractivity contribution >= 4 is 62.6 Å². The van der Waals surface area contributed by atoms with Gasteiger partial charge in [0.05, 0.1) is 16.8 Å². The monoisotopic (exact) mass is 638 g/mol. The number of nitrogens with zero attached hydrogens (tertiary/aromatic N) is 2. The number of hydrazone groups is 1. The third kappa shape index (κ3) is 8.57. The average Bonchev–Trinajstić information content (AvgIpc) is 2.97. The number of benzene rings is 4. The zero-order chi connectivity index (χ0) is 31.0. The summed E-state index contributed by atoms with van der Waals surface area (Å²) in [5.41, 5.74) is 5.27. The maximum atomic E-state index is 13.6. The van der Waals surface area contributed by atoms with Crippen LogP contribution in [0.4, 0.5) is 11.4 Å². The topological polar surface area (TPSA) is 117 Å². The third-order valence-electron chi connectivity index (χ3n) is 6.17. The van der Waals surface area contributed by atoms with Gasteiger partial charge < -0.3 is 10.1 Å². The maximum Gasteiger partial charge on any atom is 0.264 e. The minimum Gasteiger partial charge on any atom is -0.484 e. The van der Waals surface area contributed by atoms with Crippen LogP contribution in [0.2, 0.25) is 10.0 Å². The molecule has 2 N–H and O–H groups in total. The molecule has 4 rings (SSSR count). The van der Waals surface area contributed by atoms with E-state index in [2.05, 4.69) is 15.8 Å². The first kappa shape index (κ1) is 31.6. The summed E-state index contributed by atoms with van der Waals surface area (Å²) in [7, 11) is -4.10. The highest BCUT2D eigenvalue weighted by Crippen LogP contribution is 2.31. The lowest BCUT2D eigenvalue weighted by molar-refractivity contribution is -0.119. The molecule has 0 bridgehead atoms. The highest BCUT2D eigenvalue weighted by atomic mass is 35.5. The largest absolute Gasteiger partial charge is 0.484 e. The number of anilines is 2. The van der Waals surface area contributed by atoms with E-state index in [1.54, 1.807) is 85.8 Å². The van der Waals surface area contributed by atoms with E-state index in [4.69, 9.17) is 27.9 Å². The standard InChI is InChI=1S/C31H28Cl2N4O5S/c1-21-9-15-27(16-10-21)43(40,41)37(29-8-4-7-28(33)22(29)2)19-30(38)36-34-18-23-11-13-26(14-12-23)42-20-31(39)35-25-6-3-5-24(32)17-25/h3-18H,19-20H2,1-2H3,(H,35,39)(H,36,38)/b34-18-. The molecule has 0 heterocycles. The van der Waals surface area contributed by atoms with Crippen LogP contribution >= 0.6 is 23.2 Å². The Morgan fingerprint density at radius 3 is 2.30 bits per heavy atom. The summed E-state index contributed by atoms with van der Waals surface area (Å²) in [6.07, 6.45) is 1.40. The quantitative estimate of drug-likeness (QED) is 0.155. The number of aryl methyl sites for hydroxylation is 1. The fraction of sp³-hybridized carbons (Fsp3) is 0.129. The Hall–Kier alpha value is -4.38. The summed E-state index contributed by atoms with van der Waals surface area (Å²) in [4.78, 5) is 25.0. The molecule has 2 amide bonds. The second-order valence-electron chi connectivity index (χ2n) is 9.42. The predicted molar refractivity (Wildman–Crippen MR) is 170 cm³/mol. The van der Waals surface area contributed by atoms with E-state index in [9.17, 15) is 18.0 Å². The van der Waals surface area contributed by atoms with E-state index >= 15 is 0 Å². The summed E-state index contributed by atoms with van der Waals surface area (Å²) >= 11 is 12.2. The molecule has 0 fully saturated rings. The van der Waals surface area contributed by atoms with Crippen molar-refractivity contribution in [2.75, 3.05) is 22.8 Å². The number of hydrogen-bond acceptors (Lipinski definition) is 6. The summed E-state index contributed by atoms with van der Waals surface area (Å²) < 4.78 is 33.7. The lowest BCUT2D eigenvalue weighted by atomic mass is 10.2. The van der Waals surface area contributed by atoms with Crippen molar-refractivity contribution < 1.29 is 22.7 Å². The molecule has 0 atom stereocenters. The lowest BCUT2D eigenvalue weighted by Gasteiger charge is -2.25. The van der Waals surface area contributed by atoms with Crippen LogP contribution in [0.1, 0.15) is 16.7 Å². The van der Waals surface area contributed by atoms with Gasteiger partial charge >= 0.3 is 0 Å². The van der Waals surface area contributed by atoms with Crippen molar-refractivity contribution in [3.05, 3.63) is 118 Å². The van der Waals surface area contributed by atoms with Gasteiger partial charge in [-0.1, -0.05) is 53.0 Å². The third-order valence-corrected chi connectivity index (χ3v) is 8.58. The smallest absolute Gasteiger partial charge is 0.264 e. The maximum absolute atomic E-state index is 13.6. The second kappa shape index (κ2) is 14.2. The predicted octanol–water partition coefficient (Wildman–Crippen LogP) is 5.97. The Kier molecular flexibility index (Phi) is 10.4. The molecule has 0 saturated heterocycles. The average molecular weight is 640 g/mol. The van der Waals surface area contributed by atoms with Crippen LogP contribution in [-0.2, 0) is 19.6 Å². The molecular weight excluding hydrogens is 611 g/mol. The van der Waals surface area contributed by atoms with E-state index in [0.717, 1.165) is 9.87 Å². The van der Waals surface area contributed by atoms with Crippen molar-refractivity contribution in [1.29, 1.82) is 0 Å². The summed E-state index contributed by atoms with van der Waals surface area (Å²) in [5.74, 6) is -0.546. The summed E-state index contributed by atoms with van der Waals surface area (Å²) in [6, 6.07) is 24.7. The fourth-order valence-corrected chi connectivity index (χ4v) is 5.75. The molecule has 0 spiro atoms. The van der Waals surface area contributed by atoms with Gasteiger partial charge in [-0.25, -0.2) is 13.8 Å². The zero-order valence-corrected chi connectivity index (χ0v) is 25.6. The minimum atomic E-state index is -4.10. The van der Waals surface area contributed by atoms with Gasteiger partial charge in [0.1, 0.15) is 12.3 Å². The molecule has 0 radical (unpaired) electrons.